The minimum absolute atomic E-state index is 0.132. The summed E-state index contributed by atoms with van der Waals surface area (Å²) in [6.07, 6.45) is 0. The zero-order valence-corrected chi connectivity index (χ0v) is 32.4. The van der Waals surface area contributed by atoms with E-state index in [9.17, 15) is 0 Å². The predicted molar refractivity (Wildman–Crippen MR) is 241 cm³/mol. The second-order valence-electron chi connectivity index (χ2n) is 15.7. The fraction of sp³-hybridized carbons (Fsp3) is 0.0545. The molecule has 0 saturated carbocycles. The van der Waals surface area contributed by atoms with Crippen molar-refractivity contribution >= 4 is 21.8 Å². The number of benzene rings is 8. The summed E-state index contributed by atoms with van der Waals surface area (Å²) in [6.45, 7) is 4.74. The highest BCUT2D eigenvalue weighted by Crippen LogP contribution is 2.52. The smallest absolute Gasteiger partial charge is 0.160 e. The molecule has 0 amide bonds. The highest BCUT2D eigenvalue weighted by atomic mass is 15.0. The van der Waals surface area contributed by atoms with Gasteiger partial charge in [-0.05, 0) is 63.2 Å². The Morgan fingerprint density at radius 1 is 0.397 bits per heavy atom. The third-order valence-corrected chi connectivity index (χ3v) is 12.0. The van der Waals surface area contributed by atoms with Gasteiger partial charge < -0.3 is 4.57 Å². The summed E-state index contributed by atoms with van der Waals surface area (Å²) < 4.78 is 2.47. The highest BCUT2D eigenvalue weighted by molar-refractivity contribution is 6.15. The molecule has 3 nitrogen and oxygen atoms in total. The molecule has 0 spiro atoms. The van der Waals surface area contributed by atoms with Crippen LogP contribution in [0, 0.1) is 0 Å². The monoisotopic (exact) mass is 741 g/mol. The predicted octanol–water partition coefficient (Wildman–Crippen LogP) is 14.2. The van der Waals surface area contributed by atoms with E-state index in [-0.39, 0.29) is 5.41 Å². The lowest BCUT2D eigenvalue weighted by atomic mass is 9.79. The number of hydrogen-bond acceptors (Lipinski definition) is 2. The second kappa shape index (κ2) is 13.4. The molecule has 0 aliphatic heterocycles. The normalized spacial score (nSPS) is 12.8. The molecule has 1 aliphatic rings. The molecule has 274 valence electrons. The van der Waals surface area contributed by atoms with Crippen molar-refractivity contribution in [2.24, 2.45) is 0 Å². The molecule has 0 unspecified atom stereocenters. The van der Waals surface area contributed by atoms with Crippen LogP contribution in [0.2, 0.25) is 0 Å². The van der Waals surface area contributed by atoms with Gasteiger partial charge in [0.2, 0.25) is 0 Å². The topological polar surface area (TPSA) is 30.7 Å². The van der Waals surface area contributed by atoms with E-state index in [1.54, 1.807) is 0 Å². The first-order valence-electron chi connectivity index (χ1n) is 20.0. The van der Waals surface area contributed by atoms with E-state index >= 15 is 0 Å². The maximum atomic E-state index is 5.35. The Morgan fingerprint density at radius 2 is 0.983 bits per heavy atom. The standard InChI is InChI=1S/C55H39N3/c1-55(2)47-30-14-12-25-42(47)43-27-16-26-41(52(43)55)39-32-33-51-46(34-39)44-28-17-29-45(53(44)58(51)50-31-15-13-24-40(50)36-18-6-3-7-19-36)49-35-48(37-20-8-4-9-21-37)56-54(57-49)38-22-10-5-11-23-38/h3-35H,1-2H3. The van der Waals surface area contributed by atoms with E-state index < -0.39 is 0 Å². The van der Waals surface area contributed by atoms with Crippen molar-refractivity contribution in [3.63, 3.8) is 0 Å². The zero-order valence-electron chi connectivity index (χ0n) is 32.4. The van der Waals surface area contributed by atoms with E-state index in [1.807, 2.05) is 24.3 Å². The van der Waals surface area contributed by atoms with E-state index in [0.717, 1.165) is 44.8 Å². The molecule has 10 aromatic rings. The van der Waals surface area contributed by atoms with Gasteiger partial charge in [-0.2, -0.15) is 0 Å². The summed E-state index contributed by atoms with van der Waals surface area (Å²) >= 11 is 0. The number of nitrogens with zero attached hydrogens (tertiary/aromatic N) is 3. The van der Waals surface area contributed by atoms with Crippen LogP contribution in [0.3, 0.4) is 0 Å². The molecule has 0 saturated heterocycles. The van der Waals surface area contributed by atoms with E-state index in [2.05, 4.69) is 194 Å². The summed E-state index contributed by atoms with van der Waals surface area (Å²) in [4.78, 5) is 10.5. The molecule has 11 rings (SSSR count). The summed E-state index contributed by atoms with van der Waals surface area (Å²) in [5.74, 6) is 0.699. The minimum Gasteiger partial charge on any atom is -0.308 e. The molecule has 0 radical (unpaired) electrons. The Bertz CT molecular complexity index is 3120. The van der Waals surface area contributed by atoms with Crippen molar-refractivity contribution in [1.82, 2.24) is 14.5 Å². The Kier molecular flexibility index (Phi) is 7.84. The third-order valence-electron chi connectivity index (χ3n) is 12.0. The van der Waals surface area contributed by atoms with Gasteiger partial charge in [-0.1, -0.05) is 190 Å². The average molecular weight is 742 g/mol. The number of para-hydroxylation sites is 2. The van der Waals surface area contributed by atoms with Crippen molar-refractivity contribution < 1.29 is 0 Å². The van der Waals surface area contributed by atoms with Gasteiger partial charge in [0.15, 0.2) is 5.82 Å². The van der Waals surface area contributed by atoms with E-state index in [4.69, 9.17) is 9.97 Å². The van der Waals surface area contributed by atoms with Gasteiger partial charge in [-0.25, -0.2) is 9.97 Å². The Hall–Kier alpha value is -7.36. The molecule has 2 heterocycles. The molecule has 8 aromatic carbocycles. The molecule has 1 aliphatic carbocycles. The van der Waals surface area contributed by atoms with Crippen LogP contribution in [0.25, 0.3) is 94.8 Å². The Balaban J connectivity index is 1.21. The van der Waals surface area contributed by atoms with Gasteiger partial charge in [0, 0.05) is 38.4 Å². The van der Waals surface area contributed by atoms with Gasteiger partial charge >= 0.3 is 0 Å². The van der Waals surface area contributed by atoms with Crippen LogP contribution in [-0.4, -0.2) is 14.5 Å². The maximum Gasteiger partial charge on any atom is 0.160 e. The molecule has 0 atom stereocenters. The largest absolute Gasteiger partial charge is 0.308 e. The van der Waals surface area contributed by atoms with Crippen LogP contribution in [0.4, 0.5) is 0 Å². The van der Waals surface area contributed by atoms with E-state index in [0.29, 0.717) is 5.82 Å². The third kappa shape index (κ3) is 5.35. The zero-order chi connectivity index (χ0) is 38.8. The lowest BCUT2D eigenvalue weighted by Crippen LogP contribution is -2.16. The van der Waals surface area contributed by atoms with Crippen molar-refractivity contribution in [3.8, 4) is 73.0 Å². The van der Waals surface area contributed by atoms with Crippen LogP contribution in [0.1, 0.15) is 25.0 Å². The SMILES string of the molecule is CC1(C)c2ccccc2-c2cccc(-c3ccc4c(c3)c3cccc(-c5cc(-c6ccccc6)nc(-c6ccccc6)n5)c3n4-c3ccccc3-c3ccccc3)c21. The molecular formula is C55H39N3. The fourth-order valence-corrected chi connectivity index (χ4v) is 9.37. The molecular weight excluding hydrogens is 703 g/mol. The van der Waals surface area contributed by atoms with Crippen molar-refractivity contribution in [2.75, 3.05) is 0 Å². The summed E-state index contributed by atoms with van der Waals surface area (Å²) in [7, 11) is 0. The molecule has 0 fully saturated rings. The van der Waals surface area contributed by atoms with Crippen molar-refractivity contribution in [1.29, 1.82) is 0 Å². The van der Waals surface area contributed by atoms with E-state index in [1.165, 1.54) is 55.3 Å². The van der Waals surface area contributed by atoms with Gasteiger partial charge in [0.1, 0.15) is 0 Å². The quantitative estimate of drug-likeness (QED) is 0.170. The van der Waals surface area contributed by atoms with Gasteiger partial charge in [-0.3, -0.25) is 0 Å². The molecule has 2 aromatic heterocycles. The van der Waals surface area contributed by atoms with Gasteiger partial charge in [0.05, 0.1) is 28.1 Å². The van der Waals surface area contributed by atoms with Crippen molar-refractivity contribution in [2.45, 2.75) is 19.3 Å². The molecule has 0 bridgehead atoms. The fourth-order valence-electron chi connectivity index (χ4n) is 9.37. The van der Waals surface area contributed by atoms with Crippen molar-refractivity contribution in [3.05, 3.63) is 211 Å². The minimum atomic E-state index is -0.132. The van der Waals surface area contributed by atoms with Crippen LogP contribution in [0.5, 0.6) is 0 Å². The van der Waals surface area contributed by atoms with Crippen LogP contribution < -0.4 is 0 Å². The lowest BCUT2D eigenvalue weighted by molar-refractivity contribution is 0.662. The molecule has 58 heavy (non-hydrogen) atoms. The number of hydrogen-bond donors (Lipinski definition) is 0. The average Bonchev–Trinajstić information content (AvgIpc) is 3.75. The summed E-state index contributed by atoms with van der Waals surface area (Å²) in [5, 5.41) is 2.37. The summed E-state index contributed by atoms with van der Waals surface area (Å²) in [5.41, 5.74) is 18.3. The Morgan fingerprint density at radius 3 is 1.76 bits per heavy atom. The Labute approximate surface area is 338 Å². The molecule has 0 N–H and O–H groups in total. The van der Waals surface area contributed by atoms with Gasteiger partial charge in [0.25, 0.3) is 0 Å². The van der Waals surface area contributed by atoms with Crippen LogP contribution in [-0.2, 0) is 5.41 Å². The molecule has 3 heteroatoms. The number of rotatable bonds is 6. The van der Waals surface area contributed by atoms with Gasteiger partial charge in [-0.15, -0.1) is 0 Å². The highest BCUT2D eigenvalue weighted by Gasteiger charge is 2.37. The first kappa shape index (κ1) is 33.9. The number of fused-ring (bicyclic) bond motifs is 6. The first-order valence-corrected chi connectivity index (χ1v) is 20.0. The van der Waals surface area contributed by atoms with Crippen LogP contribution >= 0.6 is 0 Å². The summed E-state index contributed by atoms with van der Waals surface area (Å²) in [6, 6.07) is 71.8. The number of aromatic nitrogens is 3. The maximum absolute atomic E-state index is 5.35. The van der Waals surface area contributed by atoms with Crippen LogP contribution in [0.15, 0.2) is 200 Å². The lowest BCUT2D eigenvalue weighted by Gasteiger charge is -2.24. The first-order chi connectivity index (χ1) is 28.5. The second-order valence-corrected chi connectivity index (χ2v) is 15.7.